The van der Waals surface area contributed by atoms with Crippen LogP contribution in [0.4, 0.5) is 0 Å². The Morgan fingerprint density at radius 3 is 2.69 bits per heavy atom. The maximum Gasteiger partial charge on any atom is 0.254 e. The van der Waals surface area contributed by atoms with Gasteiger partial charge in [0.1, 0.15) is 0 Å². The van der Waals surface area contributed by atoms with Gasteiger partial charge < -0.3 is 10.6 Å². The fourth-order valence-electron chi connectivity index (χ4n) is 1.76. The van der Waals surface area contributed by atoms with Crippen LogP contribution in [0.5, 0.6) is 0 Å². The summed E-state index contributed by atoms with van der Waals surface area (Å²) < 4.78 is 0. The SMILES string of the molecule is NCCCN(C(=O)c1ccncc1)C1CC1. The van der Waals surface area contributed by atoms with Gasteiger partial charge in [-0.1, -0.05) is 0 Å². The third kappa shape index (κ3) is 2.58. The quantitative estimate of drug-likeness (QED) is 0.804. The molecule has 1 fully saturated rings. The van der Waals surface area contributed by atoms with Gasteiger partial charge in [-0.2, -0.15) is 0 Å². The number of aromatic nitrogens is 1. The second kappa shape index (κ2) is 5.07. The first-order valence-electron chi connectivity index (χ1n) is 5.74. The summed E-state index contributed by atoms with van der Waals surface area (Å²) in [5, 5.41) is 0. The predicted octanol–water partition coefficient (Wildman–Crippen LogP) is 1.03. The smallest absolute Gasteiger partial charge is 0.254 e. The van der Waals surface area contributed by atoms with E-state index in [1.165, 1.54) is 0 Å². The summed E-state index contributed by atoms with van der Waals surface area (Å²) in [6.07, 6.45) is 6.43. The Bertz CT molecular complexity index is 349. The van der Waals surface area contributed by atoms with Crippen LogP contribution in [-0.4, -0.2) is 34.9 Å². The van der Waals surface area contributed by atoms with E-state index in [2.05, 4.69) is 4.98 Å². The zero-order chi connectivity index (χ0) is 11.4. The highest BCUT2D eigenvalue weighted by molar-refractivity contribution is 5.94. The molecule has 1 amide bonds. The molecule has 0 aromatic carbocycles. The second-order valence-corrected chi connectivity index (χ2v) is 4.11. The molecule has 16 heavy (non-hydrogen) atoms. The fourth-order valence-corrected chi connectivity index (χ4v) is 1.76. The van der Waals surface area contributed by atoms with Crippen molar-refractivity contribution in [3.05, 3.63) is 30.1 Å². The summed E-state index contributed by atoms with van der Waals surface area (Å²) in [5.74, 6) is 0.110. The molecule has 4 heteroatoms. The van der Waals surface area contributed by atoms with Crippen molar-refractivity contribution in [1.29, 1.82) is 0 Å². The summed E-state index contributed by atoms with van der Waals surface area (Å²) in [7, 11) is 0. The Balaban J connectivity index is 2.05. The van der Waals surface area contributed by atoms with Crippen LogP contribution in [0.1, 0.15) is 29.6 Å². The van der Waals surface area contributed by atoms with E-state index in [9.17, 15) is 4.79 Å². The standard InChI is InChI=1S/C12H17N3O/c13-6-1-9-15(11-2-3-11)12(16)10-4-7-14-8-5-10/h4-5,7-8,11H,1-3,6,9,13H2. The molecule has 0 bridgehead atoms. The van der Waals surface area contributed by atoms with Crippen LogP contribution < -0.4 is 5.73 Å². The van der Waals surface area contributed by atoms with Crippen molar-refractivity contribution in [2.75, 3.05) is 13.1 Å². The summed E-state index contributed by atoms with van der Waals surface area (Å²) >= 11 is 0. The second-order valence-electron chi connectivity index (χ2n) is 4.11. The zero-order valence-corrected chi connectivity index (χ0v) is 9.30. The number of hydrogen-bond acceptors (Lipinski definition) is 3. The average molecular weight is 219 g/mol. The van der Waals surface area contributed by atoms with Crippen LogP contribution in [0.15, 0.2) is 24.5 Å². The van der Waals surface area contributed by atoms with Gasteiger partial charge in [-0.3, -0.25) is 9.78 Å². The zero-order valence-electron chi connectivity index (χ0n) is 9.30. The van der Waals surface area contributed by atoms with Gasteiger partial charge in [0.05, 0.1) is 0 Å². The fraction of sp³-hybridized carbons (Fsp3) is 0.500. The third-order valence-electron chi connectivity index (χ3n) is 2.78. The van der Waals surface area contributed by atoms with Crippen molar-refractivity contribution < 1.29 is 4.79 Å². The van der Waals surface area contributed by atoms with Crippen LogP contribution in [0, 0.1) is 0 Å². The van der Waals surface area contributed by atoms with Gasteiger partial charge >= 0.3 is 0 Å². The van der Waals surface area contributed by atoms with Crippen LogP contribution in [0.25, 0.3) is 0 Å². The Labute approximate surface area is 95.5 Å². The maximum absolute atomic E-state index is 12.2. The van der Waals surface area contributed by atoms with E-state index < -0.39 is 0 Å². The first-order valence-corrected chi connectivity index (χ1v) is 5.74. The lowest BCUT2D eigenvalue weighted by Crippen LogP contribution is -2.34. The molecule has 1 heterocycles. The van der Waals surface area contributed by atoms with Crippen molar-refractivity contribution in [3.63, 3.8) is 0 Å². The monoisotopic (exact) mass is 219 g/mol. The highest BCUT2D eigenvalue weighted by Crippen LogP contribution is 2.28. The molecule has 0 spiro atoms. The first-order chi connectivity index (χ1) is 7.83. The normalized spacial score (nSPS) is 14.8. The van der Waals surface area contributed by atoms with Gasteiger partial charge in [-0.15, -0.1) is 0 Å². The van der Waals surface area contributed by atoms with Crippen molar-refractivity contribution in [2.24, 2.45) is 5.73 Å². The van der Waals surface area contributed by atoms with Gasteiger partial charge in [0.2, 0.25) is 0 Å². The Morgan fingerprint density at radius 1 is 1.44 bits per heavy atom. The lowest BCUT2D eigenvalue weighted by atomic mass is 10.2. The number of carbonyl (C=O) groups is 1. The maximum atomic E-state index is 12.2. The van der Waals surface area contributed by atoms with Crippen LogP contribution >= 0.6 is 0 Å². The molecule has 1 aromatic rings. The summed E-state index contributed by atoms with van der Waals surface area (Å²) in [4.78, 5) is 18.1. The molecule has 0 aliphatic heterocycles. The van der Waals surface area contributed by atoms with Crippen LogP contribution in [0.3, 0.4) is 0 Å². The molecule has 4 nitrogen and oxygen atoms in total. The van der Waals surface area contributed by atoms with Gasteiger partial charge in [0.25, 0.3) is 5.91 Å². The summed E-state index contributed by atoms with van der Waals surface area (Å²) in [5.41, 5.74) is 6.21. The molecule has 2 N–H and O–H groups in total. The van der Waals surface area contributed by atoms with E-state index >= 15 is 0 Å². The van der Waals surface area contributed by atoms with Gasteiger partial charge in [-0.25, -0.2) is 0 Å². The molecule has 0 saturated heterocycles. The van der Waals surface area contributed by atoms with Crippen molar-refractivity contribution in [3.8, 4) is 0 Å². The van der Waals surface area contributed by atoms with Gasteiger partial charge in [-0.05, 0) is 37.9 Å². The van der Waals surface area contributed by atoms with Gasteiger partial charge in [0.15, 0.2) is 0 Å². The average Bonchev–Trinajstić information content (AvgIpc) is 3.15. The highest BCUT2D eigenvalue weighted by Gasteiger charge is 2.32. The minimum atomic E-state index is 0.110. The first kappa shape index (κ1) is 11.1. The molecule has 1 saturated carbocycles. The van der Waals surface area contributed by atoms with E-state index in [1.807, 2.05) is 4.90 Å². The largest absolute Gasteiger partial charge is 0.336 e. The van der Waals surface area contributed by atoms with E-state index in [-0.39, 0.29) is 5.91 Å². The molecule has 1 aliphatic rings. The number of amides is 1. The van der Waals surface area contributed by atoms with Crippen molar-refractivity contribution in [1.82, 2.24) is 9.88 Å². The minimum Gasteiger partial charge on any atom is -0.336 e. The minimum absolute atomic E-state index is 0.110. The molecule has 86 valence electrons. The number of nitrogens with two attached hydrogens (primary N) is 1. The Kier molecular flexibility index (Phi) is 3.51. The van der Waals surface area contributed by atoms with Crippen LogP contribution in [-0.2, 0) is 0 Å². The van der Waals surface area contributed by atoms with Crippen LogP contribution in [0.2, 0.25) is 0 Å². The Morgan fingerprint density at radius 2 is 2.12 bits per heavy atom. The van der Waals surface area contributed by atoms with E-state index in [1.54, 1.807) is 24.5 Å². The van der Waals surface area contributed by atoms with Gasteiger partial charge in [0, 0.05) is 30.5 Å². The van der Waals surface area contributed by atoms with E-state index in [0.29, 0.717) is 12.6 Å². The predicted molar refractivity (Wildman–Crippen MR) is 62.0 cm³/mol. The Hall–Kier alpha value is -1.42. The summed E-state index contributed by atoms with van der Waals surface area (Å²) in [6, 6.07) is 3.97. The molecular weight excluding hydrogens is 202 g/mol. The lowest BCUT2D eigenvalue weighted by molar-refractivity contribution is 0.0742. The summed E-state index contributed by atoms with van der Waals surface area (Å²) in [6.45, 7) is 1.40. The van der Waals surface area contributed by atoms with E-state index in [0.717, 1.165) is 31.4 Å². The number of nitrogens with zero attached hydrogens (tertiary/aromatic N) is 2. The molecule has 2 rings (SSSR count). The highest BCUT2D eigenvalue weighted by atomic mass is 16.2. The van der Waals surface area contributed by atoms with Crippen molar-refractivity contribution in [2.45, 2.75) is 25.3 Å². The molecule has 0 unspecified atom stereocenters. The lowest BCUT2D eigenvalue weighted by Gasteiger charge is -2.22. The third-order valence-corrected chi connectivity index (χ3v) is 2.78. The molecule has 1 aliphatic carbocycles. The number of carbonyl (C=O) groups excluding carboxylic acids is 1. The molecular formula is C12H17N3O. The van der Waals surface area contributed by atoms with Crippen molar-refractivity contribution >= 4 is 5.91 Å². The topological polar surface area (TPSA) is 59.2 Å². The number of hydrogen-bond donors (Lipinski definition) is 1. The molecule has 1 aromatic heterocycles. The van der Waals surface area contributed by atoms with E-state index in [4.69, 9.17) is 5.73 Å². The number of rotatable bonds is 5. The molecule has 0 radical (unpaired) electrons. The number of pyridine rings is 1. The molecule has 0 atom stereocenters.